The van der Waals surface area contributed by atoms with Crippen LogP contribution in [0.1, 0.15) is 33.1 Å². The number of halogens is 3. The third-order valence-corrected chi connectivity index (χ3v) is 2.94. The van der Waals surface area contributed by atoms with Crippen LogP contribution in [0.5, 0.6) is 0 Å². The molecule has 0 radical (unpaired) electrons. The van der Waals surface area contributed by atoms with E-state index in [1.54, 1.807) is 13.8 Å². The van der Waals surface area contributed by atoms with Gasteiger partial charge in [-0.25, -0.2) is 0 Å². The number of alkyl halides is 3. The fourth-order valence-electron chi connectivity index (χ4n) is 1.76. The van der Waals surface area contributed by atoms with Crippen LogP contribution in [0.25, 0.3) is 0 Å². The predicted octanol–water partition coefficient (Wildman–Crippen LogP) is 2.82. The monoisotopic (exact) mass is 219 g/mol. The van der Waals surface area contributed by atoms with Crippen LogP contribution >= 0.6 is 0 Å². The first-order valence-corrected chi connectivity index (χ1v) is 5.07. The van der Waals surface area contributed by atoms with Crippen molar-refractivity contribution >= 4 is 0 Å². The fraction of sp³-hybridized carbons (Fsp3) is 0.818. The van der Waals surface area contributed by atoms with E-state index in [4.69, 9.17) is 6.42 Å². The van der Waals surface area contributed by atoms with Crippen LogP contribution in [-0.4, -0.2) is 29.2 Å². The maximum atomic E-state index is 12.4. The molecule has 0 saturated heterocycles. The van der Waals surface area contributed by atoms with E-state index >= 15 is 0 Å². The zero-order valence-electron chi connectivity index (χ0n) is 9.06. The first-order chi connectivity index (χ1) is 6.76. The van der Waals surface area contributed by atoms with E-state index in [2.05, 4.69) is 5.92 Å². The molecule has 0 amide bonds. The van der Waals surface area contributed by atoms with E-state index in [0.717, 1.165) is 19.3 Å². The van der Waals surface area contributed by atoms with Crippen LogP contribution in [0, 0.1) is 12.3 Å². The molecule has 1 rings (SSSR count). The lowest BCUT2D eigenvalue weighted by Crippen LogP contribution is -2.55. The number of hydrogen-bond donors (Lipinski definition) is 0. The summed E-state index contributed by atoms with van der Waals surface area (Å²) in [5.74, 6) is 2.44. The Morgan fingerprint density at radius 3 is 2.13 bits per heavy atom. The molecule has 0 aromatic rings. The van der Waals surface area contributed by atoms with Gasteiger partial charge in [0, 0.05) is 6.04 Å². The van der Waals surface area contributed by atoms with Crippen LogP contribution in [0.3, 0.4) is 0 Å². The summed E-state index contributed by atoms with van der Waals surface area (Å²) in [6.45, 7) is 2.42. The Morgan fingerprint density at radius 2 is 1.87 bits per heavy atom. The average Bonchev–Trinajstić information content (AvgIpc) is 1.97. The van der Waals surface area contributed by atoms with Crippen molar-refractivity contribution in [3.05, 3.63) is 0 Å². The molecule has 0 N–H and O–H groups in total. The molecule has 1 aliphatic rings. The predicted molar refractivity (Wildman–Crippen MR) is 53.3 cm³/mol. The highest BCUT2D eigenvalue weighted by Crippen LogP contribution is 2.33. The van der Waals surface area contributed by atoms with Gasteiger partial charge in [0.2, 0.25) is 0 Å². The summed E-state index contributed by atoms with van der Waals surface area (Å²) in [4.78, 5) is 1.40. The summed E-state index contributed by atoms with van der Waals surface area (Å²) < 4.78 is 37.1. The third kappa shape index (κ3) is 3.13. The van der Waals surface area contributed by atoms with Gasteiger partial charge < -0.3 is 0 Å². The maximum absolute atomic E-state index is 12.4. The molecule has 1 saturated carbocycles. The van der Waals surface area contributed by atoms with Crippen molar-refractivity contribution in [3.63, 3.8) is 0 Å². The Labute approximate surface area is 88.6 Å². The van der Waals surface area contributed by atoms with Gasteiger partial charge in [-0.1, -0.05) is 12.3 Å². The number of terminal acetylenes is 1. The van der Waals surface area contributed by atoms with E-state index in [0.29, 0.717) is 0 Å². The van der Waals surface area contributed by atoms with Crippen molar-refractivity contribution in [3.8, 4) is 12.3 Å². The molecule has 0 aromatic heterocycles. The van der Waals surface area contributed by atoms with Crippen LogP contribution in [-0.2, 0) is 0 Å². The van der Waals surface area contributed by atoms with Gasteiger partial charge in [0.1, 0.15) is 0 Å². The van der Waals surface area contributed by atoms with Crippen molar-refractivity contribution in [2.24, 2.45) is 0 Å². The molecule has 0 aliphatic heterocycles. The molecule has 86 valence electrons. The maximum Gasteiger partial charge on any atom is 0.401 e. The van der Waals surface area contributed by atoms with E-state index in [9.17, 15) is 13.2 Å². The molecule has 0 atom stereocenters. The van der Waals surface area contributed by atoms with Crippen LogP contribution in [0.15, 0.2) is 0 Å². The Balaban J connectivity index is 2.74. The minimum absolute atomic E-state index is 0.00215. The van der Waals surface area contributed by atoms with Gasteiger partial charge in [0.25, 0.3) is 0 Å². The van der Waals surface area contributed by atoms with E-state index in [1.807, 2.05) is 0 Å². The van der Waals surface area contributed by atoms with Crippen LogP contribution < -0.4 is 0 Å². The molecular weight excluding hydrogens is 203 g/mol. The van der Waals surface area contributed by atoms with E-state index in [1.165, 1.54) is 4.90 Å². The normalized spacial score (nSPS) is 18.7. The Hall–Kier alpha value is -0.690. The second-order valence-corrected chi connectivity index (χ2v) is 4.53. The quantitative estimate of drug-likeness (QED) is 0.660. The fourth-order valence-corrected chi connectivity index (χ4v) is 1.76. The zero-order valence-corrected chi connectivity index (χ0v) is 9.06. The van der Waals surface area contributed by atoms with E-state index in [-0.39, 0.29) is 6.04 Å². The largest absolute Gasteiger partial charge is 0.401 e. The van der Waals surface area contributed by atoms with Crippen molar-refractivity contribution in [1.29, 1.82) is 0 Å². The lowest BCUT2D eigenvalue weighted by molar-refractivity contribution is -0.164. The lowest BCUT2D eigenvalue weighted by Gasteiger charge is -2.45. The van der Waals surface area contributed by atoms with Crippen LogP contribution in [0.2, 0.25) is 0 Å². The molecular formula is C11H16F3N. The van der Waals surface area contributed by atoms with Crippen molar-refractivity contribution in [2.45, 2.75) is 50.9 Å². The van der Waals surface area contributed by atoms with Crippen LogP contribution in [0.4, 0.5) is 13.2 Å². The summed E-state index contributed by atoms with van der Waals surface area (Å²) >= 11 is 0. The number of nitrogens with zero attached hydrogens (tertiary/aromatic N) is 1. The summed E-state index contributed by atoms with van der Waals surface area (Å²) in [5, 5.41) is 0. The molecule has 0 heterocycles. The molecule has 0 aromatic carbocycles. The van der Waals surface area contributed by atoms with Crippen molar-refractivity contribution in [1.82, 2.24) is 4.90 Å². The molecule has 15 heavy (non-hydrogen) atoms. The van der Waals surface area contributed by atoms with Gasteiger partial charge in [-0.15, -0.1) is 6.42 Å². The highest BCUT2D eigenvalue weighted by molar-refractivity contribution is 5.10. The standard InChI is InChI=1S/C11H16F3N/c1-4-10(2,3)15(8-11(12,13)14)9-6-5-7-9/h1,9H,5-8H2,2-3H3. The minimum atomic E-state index is -4.18. The molecule has 0 unspecified atom stereocenters. The average molecular weight is 219 g/mol. The van der Waals surface area contributed by atoms with Crippen molar-refractivity contribution in [2.75, 3.05) is 6.54 Å². The topological polar surface area (TPSA) is 3.24 Å². The highest BCUT2D eigenvalue weighted by atomic mass is 19.4. The first-order valence-electron chi connectivity index (χ1n) is 5.07. The smallest absolute Gasteiger partial charge is 0.276 e. The molecule has 0 bridgehead atoms. The Morgan fingerprint density at radius 1 is 1.33 bits per heavy atom. The summed E-state index contributed by atoms with van der Waals surface area (Å²) in [6.07, 6.45) is 3.75. The van der Waals surface area contributed by atoms with Gasteiger partial charge in [-0.2, -0.15) is 13.2 Å². The second-order valence-electron chi connectivity index (χ2n) is 4.53. The van der Waals surface area contributed by atoms with Crippen molar-refractivity contribution < 1.29 is 13.2 Å². The molecule has 4 heteroatoms. The molecule has 1 nitrogen and oxygen atoms in total. The zero-order chi connectivity index (χ0) is 11.7. The summed E-state index contributed by atoms with van der Waals surface area (Å²) in [6, 6.07) is -0.00215. The second kappa shape index (κ2) is 4.05. The molecule has 1 fully saturated rings. The van der Waals surface area contributed by atoms with Gasteiger partial charge in [0.15, 0.2) is 0 Å². The third-order valence-electron chi connectivity index (χ3n) is 2.94. The number of rotatable bonds is 3. The van der Waals surface area contributed by atoms with Gasteiger partial charge in [-0.05, 0) is 26.7 Å². The number of hydrogen-bond acceptors (Lipinski definition) is 1. The Bertz CT molecular complexity index is 258. The SMILES string of the molecule is C#CC(C)(C)N(CC(F)(F)F)C1CCC1. The molecule has 1 aliphatic carbocycles. The highest BCUT2D eigenvalue weighted by Gasteiger charge is 2.41. The lowest BCUT2D eigenvalue weighted by atomic mass is 9.87. The molecule has 0 spiro atoms. The summed E-state index contributed by atoms with van der Waals surface area (Å²) in [5.41, 5.74) is -0.819. The van der Waals surface area contributed by atoms with E-state index < -0.39 is 18.3 Å². The Kier molecular flexibility index (Phi) is 3.34. The van der Waals surface area contributed by atoms with Gasteiger partial charge in [0.05, 0.1) is 12.1 Å². The minimum Gasteiger partial charge on any atom is -0.276 e. The first kappa shape index (κ1) is 12.4. The van der Waals surface area contributed by atoms with Gasteiger partial charge in [-0.3, -0.25) is 4.90 Å². The van der Waals surface area contributed by atoms with Gasteiger partial charge >= 0.3 is 6.18 Å². The summed E-state index contributed by atoms with van der Waals surface area (Å²) in [7, 11) is 0.